The van der Waals surface area contributed by atoms with Crippen molar-refractivity contribution >= 4 is 16.9 Å². The second kappa shape index (κ2) is 6.01. The Balaban J connectivity index is 1.79. The summed E-state index contributed by atoms with van der Waals surface area (Å²) in [6, 6.07) is 10.1. The van der Waals surface area contributed by atoms with E-state index in [2.05, 4.69) is 17.1 Å². The Kier molecular flexibility index (Phi) is 3.79. The second-order valence-corrected chi connectivity index (χ2v) is 6.67. The lowest BCUT2D eigenvalue weighted by Crippen LogP contribution is -2.39. The molecule has 3 aromatic heterocycles. The van der Waals surface area contributed by atoms with Crippen LogP contribution in [0.3, 0.4) is 0 Å². The molecule has 0 fully saturated rings. The van der Waals surface area contributed by atoms with E-state index in [-0.39, 0.29) is 11.2 Å². The third-order valence-corrected chi connectivity index (χ3v) is 4.99. The van der Waals surface area contributed by atoms with Crippen molar-refractivity contribution in [1.29, 1.82) is 0 Å². The standard InChI is InChI=1S/C19H21N5O2/c1-13-12-24-15-16(20-18(24)21(13)2)22(3)19(26)23(17(15)25)11-7-10-14-8-5-4-6-9-14/h4-6,8-9,12H,7,10-11H2,1-3H3. The molecule has 0 saturated carbocycles. The van der Waals surface area contributed by atoms with Gasteiger partial charge in [-0.25, -0.2) is 4.79 Å². The van der Waals surface area contributed by atoms with Crippen molar-refractivity contribution in [3.63, 3.8) is 0 Å². The average molecular weight is 351 g/mol. The SMILES string of the molecule is Cc1cn2c3c(=O)n(CCCc4ccccc4)c(=O)n(C)c3nc2n1C. The fourth-order valence-corrected chi connectivity index (χ4v) is 3.40. The average Bonchev–Trinajstić information content (AvgIpc) is 3.14. The lowest BCUT2D eigenvalue weighted by atomic mass is 10.1. The molecule has 7 nitrogen and oxygen atoms in total. The van der Waals surface area contributed by atoms with Gasteiger partial charge in [0, 0.05) is 32.5 Å². The van der Waals surface area contributed by atoms with Gasteiger partial charge >= 0.3 is 5.69 Å². The van der Waals surface area contributed by atoms with Crippen molar-refractivity contribution in [2.45, 2.75) is 26.3 Å². The molecule has 1 aromatic carbocycles. The normalized spacial score (nSPS) is 11.7. The van der Waals surface area contributed by atoms with E-state index < -0.39 is 0 Å². The summed E-state index contributed by atoms with van der Waals surface area (Å²) in [5.74, 6) is 0.659. The van der Waals surface area contributed by atoms with E-state index in [1.165, 1.54) is 14.7 Å². The summed E-state index contributed by atoms with van der Waals surface area (Å²) in [6.07, 6.45) is 3.42. The molecule has 4 rings (SSSR count). The molecule has 26 heavy (non-hydrogen) atoms. The van der Waals surface area contributed by atoms with E-state index in [1.54, 1.807) is 11.4 Å². The van der Waals surface area contributed by atoms with E-state index in [0.29, 0.717) is 23.5 Å². The Labute approximate surface area is 149 Å². The van der Waals surface area contributed by atoms with E-state index in [1.807, 2.05) is 42.9 Å². The first kappa shape index (κ1) is 16.4. The number of hydrogen-bond acceptors (Lipinski definition) is 3. The molecule has 0 aliphatic heterocycles. The maximum absolute atomic E-state index is 13.0. The number of hydrogen-bond donors (Lipinski definition) is 0. The summed E-state index contributed by atoms with van der Waals surface area (Å²) < 4.78 is 6.47. The van der Waals surface area contributed by atoms with Crippen molar-refractivity contribution in [3.8, 4) is 0 Å². The van der Waals surface area contributed by atoms with Gasteiger partial charge in [-0.1, -0.05) is 30.3 Å². The van der Waals surface area contributed by atoms with Crippen molar-refractivity contribution < 1.29 is 0 Å². The molecule has 3 heterocycles. The van der Waals surface area contributed by atoms with Gasteiger partial charge in [0.05, 0.1) is 0 Å². The zero-order chi connectivity index (χ0) is 18.4. The molecule has 0 saturated heterocycles. The van der Waals surface area contributed by atoms with E-state index in [0.717, 1.165) is 18.5 Å². The molecule has 4 aromatic rings. The molecule has 0 unspecified atom stereocenters. The zero-order valence-electron chi connectivity index (χ0n) is 15.1. The molecule has 0 N–H and O–H groups in total. The number of rotatable bonds is 4. The Bertz CT molecular complexity index is 1220. The summed E-state index contributed by atoms with van der Waals surface area (Å²) in [6.45, 7) is 2.34. The number of imidazole rings is 2. The molecule has 0 aliphatic carbocycles. The molecule has 7 heteroatoms. The molecule has 134 valence electrons. The highest BCUT2D eigenvalue weighted by Gasteiger charge is 2.18. The minimum absolute atomic E-state index is 0.283. The highest BCUT2D eigenvalue weighted by molar-refractivity contribution is 5.75. The number of aryl methyl sites for hydroxylation is 4. The molecule has 0 radical (unpaired) electrons. The van der Waals surface area contributed by atoms with Crippen LogP contribution in [-0.2, 0) is 27.1 Å². The van der Waals surface area contributed by atoms with Gasteiger partial charge in [0.15, 0.2) is 11.2 Å². The topological polar surface area (TPSA) is 66.2 Å². The fourth-order valence-electron chi connectivity index (χ4n) is 3.40. The lowest BCUT2D eigenvalue weighted by molar-refractivity contribution is 0.572. The van der Waals surface area contributed by atoms with E-state index in [9.17, 15) is 9.59 Å². The monoisotopic (exact) mass is 351 g/mol. The largest absolute Gasteiger partial charge is 0.332 e. The zero-order valence-corrected chi connectivity index (χ0v) is 15.1. The van der Waals surface area contributed by atoms with Gasteiger partial charge in [0.1, 0.15) is 0 Å². The van der Waals surface area contributed by atoms with Gasteiger partial charge in [-0.05, 0) is 25.3 Å². The fraction of sp³-hybridized carbons (Fsp3) is 0.316. The maximum atomic E-state index is 13.0. The first-order chi connectivity index (χ1) is 12.5. The summed E-state index contributed by atoms with van der Waals surface area (Å²) in [7, 11) is 3.56. The van der Waals surface area contributed by atoms with Crippen molar-refractivity contribution in [2.24, 2.45) is 14.1 Å². The van der Waals surface area contributed by atoms with Crippen LogP contribution in [0.5, 0.6) is 0 Å². The Hall–Kier alpha value is -3.09. The minimum Gasteiger partial charge on any atom is -0.317 e. The predicted octanol–water partition coefficient (Wildman–Crippen LogP) is 1.63. The smallest absolute Gasteiger partial charge is 0.317 e. The number of fused-ring (bicyclic) bond motifs is 3. The Morgan fingerprint density at radius 3 is 2.50 bits per heavy atom. The highest BCUT2D eigenvalue weighted by atomic mass is 16.2. The van der Waals surface area contributed by atoms with Gasteiger partial charge in [-0.3, -0.25) is 18.3 Å². The molecule has 0 spiro atoms. The quantitative estimate of drug-likeness (QED) is 0.561. The third-order valence-electron chi connectivity index (χ3n) is 4.99. The van der Waals surface area contributed by atoms with Crippen LogP contribution in [0.15, 0.2) is 46.1 Å². The summed E-state index contributed by atoms with van der Waals surface area (Å²) in [5, 5.41) is 0. The van der Waals surface area contributed by atoms with Crippen LogP contribution in [0, 0.1) is 6.92 Å². The van der Waals surface area contributed by atoms with E-state index in [4.69, 9.17) is 0 Å². The predicted molar refractivity (Wildman–Crippen MR) is 101 cm³/mol. The lowest BCUT2D eigenvalue weighted by Gasteiger charge is -2.08. The van der Waals surface area contributed by atoms with Crippen LogP contribution >= 0.6 is 0 Å². The first-order valence-electron chi connectivity index (χ1n) is 8.67. The van der Waals surface area contributed by atoms with Gasteiger partial charge in [0.25, 0.3) is 5.56 Å². The minimum atomic E-state index is -0.323. The van der Waals surface area contributed by atoms with Gasteiger partial charge in [0.2, 0.25) is 5.78 Å². The maximum Gasteiger partial charge on any atom is 0.332 e. The molecule has 0 atom stereocenters. The van der Waals surface area contributed by atoms with Crippen molar-refractivity contribution in [3.05, 3.63) is 68.6 Å². The van der Waals surface area contributed by atoms with Gasteiger partial charge < -0.3 is 4.57 Å². The number of benzene rings is 1. The van der Waals surface area contributed by atoms with Crippen LogP contribution in [0.25, 0.3) is 16.9 Å². The van der Waals surface area contributed by atoms with Crippen LogP contribution in [-0.4, -0.2) is 23.1 Å². The van der Waals surface area contributed by atoms with Gasteiger partial charge in [-0.15, -0.1) is 0 Å². The summed E-state index contributed by atoms with van der Waals surface area (Å²) in [4.78, 5) is 30.2. The molecular weight excluding hydrogens is 330 g/mol. The first-order valence-corrected chi connectivity index (χ1v) is 8.67. The number of aromatic nitrogens is 5. The van der Waals surface area contributed by atoms with Crippen LogP contribution in [0.1, 0.15) is 17.7 Å². The second-order valence-electron chi connectivity index (χ2n) is 6.67. The molecule has 0 bridgehead atoms. The Morgan fingerprint density at radius 2 is 1.77 bits per heavy atom. The highest BCUT2D eigenvalue weighted by Crippen LogP contribution is 2.14. The number of nitrogens with zero attached hydrogens (tertiary/aromatic N) is 5. The summed E-state index contributed by atoms with van der Waals surface area (Å²) >= 11 is 0. The molecule has 0 aliphatic rings. The third kappa shape index (κ3) is 2.39. The van der Waals surface area contributed by atoms with Crippen molar-refractivity contribution in [2.75, 3.05) is 0 Å². The van der Waals surface area contributed by atoms with Gasteiger partial charge in [-0.2, -0.15) is 4.98 Å². The molecular formula is C19H21N5O2. The molecule has 0 amide bonds. The van der Waals surface area contributed by atoms with E-state index >= 15 is 0 Å². The summed E-state index contributed by atoms with van der Waals surface area (Å²) in [5.41, 5.74) is 2.46. The van der Waals surface area contributed by atoms with Crippen LogP contribution in [0.4, 0.5) is 0 Å². The van der Waals surface area contributed by atoms with Crippen LogP contribution in [0.2, 0.25) is 0 Å². The van der Waals surface area contributed by atoms with Crippen LogP contribution < -0.4 is 11.2 Å². The van der Waals surface area contributed by atoms with Crippen molar-refractivity contribution in [1.82, 2.24) is 23.1 Å². The Morgan fingerprint density at radius 1 is 1.04 bits per heavy atom.